The van der Waals surface area contributed by atoms with Crippen molar-refractivity contribution in [1.82, 2.24) is 4.31 Å². The van der Waals surface area contributed by atoms with E-state index in [0.29, 0.717) is 11.3 Å². The van der Waals surface area contributed by atoms with Gasteiger partial charge in [-0.05, 0) is 26.0 Å². The molecule has 0 radical (unpaired) electrons. The Bertz CT molecular complexity index is 542. The molecule has 0 atom stereocenters. The first-order valence-electron chi connectivity index (χ1n) is 4.89. The Balaban J connectivity index is 0.00000144. The molecular weight excluding hydrogens is 268 g/mol. The zero-order valence-electron chi connectivity index (χ0n) is 8.97. The van der Waals surface area contributed by atoms with Crippen LogP contribution in [0.3, 0.4) is 0 Å². The van der Waals surface area contributed by atoms with Gasteiger partial charge in [0.15, 0.2) is 0 Å². The van der Waals surface area contributed by atoms with Gasteiger partial charge in [0.05, 0.1) is 11.3 Å². The summed E-state index contributed by atoms with van der Waals surface area (Å²) < 4.78 is 26.8. The van der Waals surface area contributed by atoms with Crippen LogP contribution in [0.1, 0.15) is 24.2 Å². The first-order valence-corrected chi connectivity index (χ1v) is 6.33. The van der Waals surface area contributed by atoms with Crippen molar-refractivity contribution >= 4 is 59.5 Å². The molecule has 1 aliphatic heterocycles. The van der Waals surface area contributed by atoms with Crippen LogP contribution >= 0.6 is 0 Å². The standard InChI is InChI=1S/C10H12N2O3S.Ca.2H/c1-7(2)12-10(13)8-5-3-4-6-9(8)11-16(12,14)15;;;/h3-7,11H,1-2H3;;;. The average Bonchev–Trinajstić information content (AvgIpc) is 2.15. The van der Waals surface area contributed by atoms with E-state index in [9.17, 15) is 13.2 Å². The molecule has 1 N–H and O–H groups in total. The van der Waals surface area contributed by atoms with E-state index in [-0.39, 0.29) is 37.7 Å². The number of nitrogens with one attached hydrogen (secondary N) is 1. The topological polar surface area (TPSA) is 66.5 Å². The molecule has 1 aromatic rings. The monoisotopic (exact) mass is 282 g/mol. The van der Waals surface area contributed by atoms with Crippen LogP contribution in [0, 0.1) is 0 Å². The van der Waals surface area contributed by atoms with Crippen LogP contribution in [0.25, 0.3) is 0 Å². The van der Waals surface area contributed by atoms with Gasteiger partial charge in [-0.1, -0.05) is 12.1 Å². The van der Waals surface area contributed by atoms with Gasteiger partial charge in [0.1, 0.15) is 0 Å². The summed E-state index contributed by atoms with van der Waals surface area (Å²) in [6.07, 6.45) is 0. The Kier molecular flexibility index (Phi) is 4.46. The Morgan fingerprint density at radius 3 is 2.41 bits per heavy atom. The normalized spacial score (nSPS) is 17.1. The average molecular weight is 282 g/mol. The predicted molar refractivity (Wildman–Crippen MR) is 68.8 cm³/mol. The molecule has 0 aliphatic carbocycles. The third-order valence-corrected chi connectivity index (χ3v) is 3.91. The van der Waals surface area contributed by atoms with E-state index in [1.807, 2.05) is 0 Å². The summed E-state index contributed by atoms with van der Waals surface area (Å²) in [7, 11) is -3.75. The summed E-state index contributed by atoms with van der Waals surface area (Å²) in [5.41, 5.74) is 0.718. The number of amides is 1. The van der Waals surface area contributed by atoms with E-state index < -0.39 is 22.2 Å². The van der Waals surface area contributed by atoms with Gasteiger partial charge in [-0.2, -0.15) is 8.42 Å². The first kappa shape index (κ1) is 14.8. The predicted octanol–water partition coefficient (Wildman–Crippen LogP) is 0.291. The number of para-hydroxylation sites is 1. The molecular formula is C10H14CaN2O3S. The Labute approximate surface area is 130 Å². The Morgan fingerprint density at radius 1 is 1.24 bits per heavy atom. The molecule has 90 valence electrons. The molecule has 0 unspecified atom stereocenters. The second-order valence-electron chi connectivity index (χ2n) is 3.85. The van der Waals surface area contributed by atoms with Crippen molar-refractivity contribution in [3.63, 3.8) is 0 Å². The third-order valence-electron chi connectivity index (χ3n) is 2.32. The number of anilines is 1. The van der Waals surface area contributed by atoms with Gasteiger partial charge in [-0.25, -0.2) is 4.31 Å². The summed E-state index contributed by atoms with van der Waals surface area (Å²) in [6, 6.07) is 6.16. The Morgan fingerprint density at radius 2 is 1.82 bits per heavy atom. The maximum absolute atomic E-state index is 12.0. The molecule has 0 aromatic heterocycles. The number of rotatable bonds is 1. The van der Waals surface area contributed by atoms with E-state index in [4.69, 9.17) is 0 Å². The van der Waals surface area contributed by atoms with Crippen LogP contribution in [0.15, 0.2) is 24.3 Å². The second-order valence-corrected chi connectivity index (χ2v) is 5.40. The van der Waals surface area contributed by atoms with E-state index in [0.717, 1.165) is 4.31 Å². The molecule has 1 amide bonds. The zero-order valence-corrected chi connectivity index (χ0v) is 9.78. The molecule has 1 aromatic carbocycles. The summed E-state index contributed by atoms with van der Waals surface area (Å²) in [5, 5.41) is 0. The number of nitrogens with zero attached hydrogens (tertiary/aromatic N) is 1. The number of fused-ring (bicyclic) bond motifs is 1. The Hall–Kier alpha value is -0.300. The fourth-order valence-electron chi connectivity index (χ4n) is 1.69. The van der Waals surface area contributed by atoms with Gasteiger partial charge in [0, 0.05) is 6.04 Å². The molecule has 1 heterocycles. The summed E-state index contributed by atoms with van der Waals surface area (Å²) in [5.74, 6) is -0.482. The third kappa shape index (κ3) is 2.59. The van der Waals surface area contributed by atoms with Gasteiger partial charge in [-0.15, -0.1) is 0 Å². The van der Waals surface area contributed by atoms with Crippen LogP contribution in [-0.2, 0) is 10.2 Å². The van der Waals surface area contributed by atoms with E-state index in [1.54, 1.807) is 38.1 Å². The van der Waals surface area contributed by atoms with Crippen molar-refractivity contribution in [1.29, 1.82) is 0 Å². The van der Waals surface area contributed by atoms with E-state index in [2.05, 4.69) is 4.72 Å². The molecule has 0 saturated heterocycles. The van der Waals surface area contributed by atoms with Gasteiger partial charge >= 0.3 is 47.9 Å². The molecule has 2 rings (SSSR count). The maximum atomic E-state index is 12.0. The van der Waals surface area contributed by atoms with Gasteiger partial charge < -0.3 is 0 Å². The fourth-order valence-corrected chi connectivity index (χ4v) is 3.11. The van der Waals surface area contributed by atoms with Crippen LogP contribution in [0.2, 0.25) is 0 Å². The van der Waals surface area contributed by atoms with Crippen LogP contribution in [0.5, 0.6) is 0 Å². The number of carbonyl (C=O) groups is 1. The van der Waals surface area contributed by atoms with Crippen molar-refractivity contribution in [2.75, 3.05) is 4.72 Å². The molecule has 0 bridgehead atoms. The SMILES string of the molecule is CC(C)N1C(=O)c2ccccc2NS1(=O)=O.[CaH2]. The van der Waals surface area contributed by atoms with Crippen LogP contribution in [-0.4, -0.2) is 62.4 Å². The molecule has 0 spiro atoms. The molecule has 7 heteroatoms. The second kappa shape index (κ2) is 5.14. The van der Waals surface area contributed by atoms with Crippen LogP contribution in [0.4, 0.5) is 5.69 Å². The molecule has 1 aliphatic rings. The van der Waals surface area contributed by atoms with Crippen molar-refractivity contribution in [3.05, 3.63) is 29.8 Å². The van der Waals surface area contributed by atoms with Gasteiger partial charge in [0.2, 0.25) is 0 Å². The van der Waals surface area contributed by atoms with Crippen molar-refractivity contribution < 1.29 is 13.2 Å². The minimum absolute atomic E-state index is 0. The van der Waals surface area contributed by atoms with Crippen molar-refractivity contribution in [2.24, 2.45) is 0 Å². The van der Waals surface area contributed by atoms with Crippen molar-refractivity contribution in [2.45, 2.75) is 19.9 Å². The summed E-state index contributed by atoms with van der Waals surface area (Å²) in [6.45, 7) is 3.32. The fraction of sp³-hybridized carbons (Fsp3) is 0.300. The number of hydrogen-bond acceptors (Lipinski definition) is 3. The quantitative estimate of drug-likeness (QED) is 0.753. The molecule has 0 saturated carbocycles. The zero-order chi connectivity index (χ0) is 11.9. The number of carbonyl (C=O) groups excluding carboxylic acids is 1. The molecule has 5 nitrogen and oxygen atoms in total. The molecule has 17 heavy (non-hydrogen) atoms. The summed E-state index contributed by atoms with van der Waals surface area (Å²) in [4.78, 5) is 12.0. The van der Waals surface area contributed by atoms with Gasteiger partial charge in [0.25, 0.3) is 5.91 Å². The van der Waals surface area contributed by atoms with E-state index in [1.165, 1.54) is 0 Å². The summed E-state index contributed by atoms with van der Waals surface area (Å²) >= 11 is 0. The van der Waals surface area contributed by atoms with Crippen molar-refractivity contribution in [3.8, 4) is 0 Å². The number of benzene rings is 1. The number of hydrogen-bond donors (Lipinski definition) is 1. The van der Waals surface area contributed by atoms with Gasteiger partial charge in [-0.3, -0.25) is 9.52 Å². The minimum atomic E-state index is -3.75. The first-order chi connectivity index (χ1) is 7.43. The molecule has 0 fully saturated rings. The van der Waals surface area contributed by atoms with Crippen LogP contribution < -0.4 is 4.72 Å². The van der Waals surface area contributed by atoms with E-state index >= 15 is 0 Å².